The van der Waals surface area contributed by atoms with Crippen LogP contribution in [0.2, 0.25) is 0 Å². The number of hydrogen-bond donors (Lipinski definition) is 1. The van der Waals surface area contributed by atoms with E-state index in [1.807, 2.05) is 0 Å². The third-order valence-electron chi connectivity index (χ3n) is 2.55. The van der Waals surface area contributed by atoms with Gasteiger partial charge in [-0.2, -0.15) is 0 Å². The van der Waals surface area contributed by atoms with Crippen LogP contribution in [0.15, 0.2) is 24.3 Å². The number of ether oxygens (including phenoxy) is 2. The lowest BCUT2D eigenvalue weighted by Crippen LogP contribution is -2.45. The van der Waals surface area contributed by atoms with Crippen LogP contribution >= 0.6 is 0 Å². The molecule has 0 bridgehead atoms. The van der Waals surface area contributed by atoms with Crippen LogP contribution in [0.1, 0.15) is 0 Å². The maximum absolute atomic E-state index is 12.7. The van der Waals surface area contributed by atoms with E-state index >= 15 is 0 Å². The number of nitrogens with zero attached hydrogens (tertiary/aromatic N) is 1. The van der Waals surface area contributed by atoms with Crippen LogP contribution in [0, 0.1) is 5.82 Å². The molecule has 0 aliphatic carbocycles. The van der Waals surface area contributed by atoms with Crippen LogP contribution in [0.4, 0.5) is 4.39 Å². The van der Waals surface area contributed by atoms with Crippen molar-refractivity contribution in [3.63, 3.8) is 0 Å². The van der Waals surface area contributed by atoms with Gasteiger partial charge in [0.1, 0.15) is 24.2 Å². The van der Waals surface area contributed by atoms with Gasteiger partial charge in [0.2, 0.25) is 5.91 Å². The standard InChI is InChI=1S/C13H19FN2O3/c1-16(13(17)12(15)9-18-2)7-8-19-11-5-3-10(14)4-6-11/h3-6,12H,7-9,15H2,1-2H3. The third-order valence-corrected chi connectivity index (χ3v) is 2.55. The minimum Gasteiger partial charge on any atom is -0.492 e. The van der Waals surface area contributed by atoms with Crippen LogP contribution in [0.25, 0.3) is 0 Å². The van der Waals surface area contributed by atoms with Gasteiger partial charge in [0, 0.05) is 14.2 Å². The Morgan fingerprint density at radius 1 is 1.42 bits per heavy atom. The Morgan fingerprint density at radius 2 is 2.05 bits per heavy atom. The summed E-state index contributed by atoms with van der Waals surface area (Å²) in [6, 6.07) is 5.04. The summed E-state index contributed by atoms with van der Waals surface area (Å²) in [6.45, 7) is 0.892. The summed E-state index contributed by atoms with van der Waals surface area (Å²) in [7, 11) is 3.14. The number of likely N-dealkylation sites (N-methyl/N-ethyl adjacent to an activating group) is 1. The fraction of sp³-hybridized carbons (Fsp3) is 0.462. The minimum atomic E-state index is -0.666. The quantitative estimate of drug-likeness (QED) is 0.789. The summed E-state index contributed by atoms with van der Waals surface area (Å²) >= 11 is 0. The fourth-order valence-corrected chi connectivity index (χ4v) is 1.48. The smallest absolute Gasteiger partial charge is 0.241 e. The first-order chi connectivity index (χ1) is 9.04. The van der Waals surface area contributed by atoms with Crippen molar-refractivity contribution in [3.8, 4) is 5.75 Å². The first-order valence-corrected chi connectivity index (χ1v) is 5.92. The highest BCUT2D eigenvalue weighted by Crippen LogP contribution is 2.10. The summed E-state index contributed by atoms with van der Waals surface area (Å²) in [6.07, 6.45) is 0. The van der Waals surface area contributed by atoms with Crippen molar-refractivity contribution in [3.05, 3.63) is 30.1 Å². The van der Waals surface area contributed by atoms with Crippen LogP contribution in [-0.2, 0) is 9.53 Å². The van der Waals surface area contributed by atoms with Crippen molar-refractivity contribution in [2.24, 2.45) is 5.73 Å². The molecule has 106 valence electrons. The molecule has 0 aliphatic rings. The van der Waals surface area contributed by atoms with Crippen LogP contribution in [-0.4, -0.2) is 50.8 Å². The molecular formula is C13H19FN2O3. The number of amides is 1. The van der Waals surface area contributed by atoms with E-state index in [-0.39, 0.29) is 18.3 Å². The van der Waals surface area contributed by atoms with E-state index in [9.17, 15) is 9.18 Å². The zero-order valence-electron chi connectivity index (χ0n) is 11.1. The van der Waals surface area contributed by atoms with Crippen LogP contribution in [0.3, 0.4) is 0 Å². The fourth-order valence-electron chi connectivity index (χ4n) is 1.48. The lowest BCUT2D eigenvalue weighted by Gasteiger charge is -2.20. The van der Waals surface area contributed by atoms with Gasteiger partial charge >= 0.3 is 0 Å². The van der Waals surface area contributed by atoms with E-state index in [2.05, 4.69) is 0 Å². The minimum absolute atomic E-state index is 0.183. The Bertz CT molecular complexity index is 397. The summed E-state index contributed by atoms with van der Waals surface area (Å²) in [5, 5.41) is 0. The second-order valence-corrected chi connectivity index (χ2v) is 4.12. The summed E-state index contributed by atoms with van der Waals surface area (Å²) < 4.78 is 22.9. The average Bonchev–Trinajstić information content (AvgIpc) is 2.40. The van der Waals surface area contributed by atoms with E-state index in [1.54, 1.807) is 7.05 Å². The topological polar surface area (TPSA) is 64.8 Å². The van der Waals surface area contributed by atoms with E-state index in [4.69, 9.17) is 15.2 Å². The van der Waals surface area contributed by atoms with E-state index in [0.717, 1.165) is 0 Å². The molecule has 19 heavy (non-hydrogen) atoms. The highest BCUT2D eigenvalue weighted by Gasteiger charge is 2.17. The molecule has 0 fully saturated rings. The predicted molar refractivity (Wildman–Crippen MR) is 69.4 cm³/mol. The third kappa shape index (κ3) is 5.23. The molecule has 0 spiro atoms. The number of benzene rings is 1. The lowest BCUT2D eigenvalue weighted by atomic mass is 10.3. The molecule has 1 aromatic rings. The van der Waals surface area contributed by atoms with Crippen molar-refractivity contribution in [1.82, 2.24) is 4.90 Å². The Kier molecular flexibility index (Phi) is 6.24. The normalized spacial score (nSPS) is 12.0. The molecule has 1 aromatic carbocycles. The molecule has 0 saturated heterocycles. The molecule has 6 heteroatoms. The van der Waals surface area contributed by atoms with Gasteiger partial charge in [0.05, 0.1) is 13.2 Å². The van der Waals surface area contributed by atoms with Gasteiger partial charge in [-0.25, -0.2) is 4.39 Å². The molecule has 0 radical (unpaired) electrons. The van der Waals surface area contributed by atoms with Crippen molar-refractivity contribution < 1.29 is 18.7 Å². The molecule has 1 atom stereocenters. The number of hydrogen-bond acceptors (Lipinski definition) is 4. The summed E-state index contributed by atoms with van der Waals surface area (Å²) in [5.74, 6) is 0.0400. The van der Waals surface area contributed by atoms with Crippen LogP contribution < -0.4 is 10.5 Å². The monoisotopic (exact) mass is 270 g/mol. The molecule has 0 aliphatic heterocycles. The van der Waals surface area contributed by atoms with Gasteiger partial charge < -0.3 is 20.1 Å². The van der Waals surface area contributed by atoms with Crippen molar-refractivity contribution in [1.29, 1.82) is 0 Å². The average molecular weight is 270 g/mol. The zero-order valence-corrected chi connectivity index (χ0v) is 11.1. The molecule has 1 amide bonds. The maximum Gasteiger partial charge on any atom is 0.241 e. The van der Waals surface area contributed by atoms with Gasteiger partial charge in [-0.05, 0) is 24.3 Å². The lowest BCUT2D eigenvalue weighted by molar-refractivity contribution is -0.132. The highest BCUT2D eigenvalue weighted by atomic mass is 19.1. The predicted octanol–water partition coefficient (Wildman–Crippen LogP) is 0.637. The molecule has 1 unspecified atom stereocenters. The largest absolute Gasteiger partial charge is 0.492 e. The second kappa shape index (κ2) is 7.70. The number of carbonyl (C=O) groups is 1. The van der Waals surface area contributed by atoms with E-state index in [1.165, 1.54) is 36.3 Å². The highest BCUT2D eigenvalue weighted by molar-refractivity contribution is 5.81. The van der Waals surface area contributed by atoms with Crippen molar-refractivity contribution >= 4 is 5.91 Å². The molecule has 1 rings (SSSR count). The zero-order chi connectivity index (χ0) is 14.3. The number of rotatable bonds is 7. The van der Waals surface area contributed by atoms with Gasteiger partial charge in [-0.15, -0.1) is 0 Å². The van der Waals surface area contributed by atoms with E-state index < -0.39 is 6.04 Å². The second-order valence-electron chi connectivity index (χ2n) is 4.12. The van der Waals surface area contributed by atoms with Crippen molar-refractivity contribution in [2.75, 3.05) is 33.9 Å². The van der Waals surface area contributed by atoms with Gasteiger partial charge in [0.15, 0.2) is 0 Å². The molecular weight excluding hydrogens is 251 g/mol. The SMILES string of the molecule is COCC(N)C(=O)N(C)CCOc1ccc(F)cc1. The van der Waals surface area contributed by atoms with Gasteiger partial charge in [-0.1, -0.05) is 0 Å². The Morgan fingerprint density at radius 3 is 2.63 bits per heavy atom. The molecule has 2 N–H and O–H groups in total. The Hall–Kier alpha value is -1.66. The van der Waals surface area contributed by atoms with Gasteiger partial charge in [-0.3, -0.25) is 4.79 Å². The first kappa shape index (κ1) is 15.4. The maximum atomic E-state index is 12.7. The summed E-state index contributed by atoms with van der Waals surface area (Å²) in [5.41, 5.74) is 5.63. The molecule has 0 aromatic heterocycles. The van der Waals surface area contributed by atoms with Crippen LogP contribution in [0.5, 0.6) is 5.75 Å². The number of halogens is 1. The summed E-state index contributed by atoms with van der Waals surface area (Å²) in [4.78, 5) is 13.2. The van der Waals surface area contributed by atoms with Crippen molar-refractivity contribution in [2.45, 2.75) is 6.04 Å². The number of methoxy groups -OCH3 is 1. The Balaban J connectivity index is 2.32. The molecule has 0 heterocycles. The van der Waals surface area contributed by atoms with E-state index in [0.29, 0.717) is 18.9 Å². The molecule has 0 saturated carbocycles. The number of carbonyl (C=O) groups excluding carboxylic acids is 1. The Labute approximate surface area is 112 Å². The first-order valence-electron chi connectivity index (χ1n) is 5.92. The van der Waals surface area contributed by atoms with Gasteiger partial charge in [0.25, 0.3) is 0 Å². The molecule has 5 nitrogen and oxygen atoms in total. The number of nitrogens with two attached hydrogens (primary N) is 1.